The summed E-state index contributed by atoms with van der Waals surface area (Å²) in [5, 5.41) is 0. The van der Waals surface area contributed by atoms with E-state index in [1.807, 2.05) is 6.92 Å². The molecule has 5 heteroatoms. The molecule has 0 heterocycles. The molecule has 0 atom stereocenters. The molecule has 0 amide bonds. The van der Waals surface area contributed by atoms with E-state index < -0.39 is 0 Å². The van der Waals surface area contributed by atoms with Crippen LogP contribution >= 0.6 is 0 Å². The molecule has 0 aromatic heterocycles. The predicted molar refractivity (Wildman–Crippen MR) is 31.2 cm³/mol. The third-order valence-electron chi connectivity index (χ3n) is 0.494. The van der Waals surface area contributed by atoms with Crippen molar-refractivity contribution in [3.63, 3.8) is 0 Å². The van der Waals surface area contributed by atoms with E-state index in [1.165, 1.54) is 0 Å². The number of aliphatic imine (C=N–C) groups is 1. The Morgan fingerprint density at radius 1 is 1.33 bits per heavy atom. The Morgan fingerprint density at radius 3 is 1.89 bits per heavy atom. The van der Waals surface area contributed by atoms with Crippen LogP contribution in [-0.2, 0) is 0 Å². The van der Waals surface area contributed by atoms with Crippen molar-refractivity contribution in [2.45, 2.75) is 13.3 Å². The Hall–Kier alpha value is 2.00. The maximum Gasteiger partial charge on any atom is 0 e. The molecule has 0 saturated heterocycles. The van der Waals surface area contributed by atoms with Crippen molar-refractivity contribution in [1.29, 1.82) is 0 Å². The summed E-state index contributed by atoms with van der Waals surface area (Å²) in [4.78, 5) is 3.49. The summed E-state index contributed by atoms with van der Waals surface area (Å²) in [6, 6.07) is 0. The van der Waals surface area contributed by atoms with Gasteiger partial charge in [0.05, 0.1) is 0 Å². The number of rotatable bonds is 2. The van der Waals surface area contributed by atoms with Gasteiger partial charge in [0.15, 0.2) is 0 Å². The Labute approximate surface area is 122 Å². The smallest absolute Gasteiger partial charge is 0 e. The van der Waals surface area contributed by atoms with Gasteiger partial charge in [0, 0.05) is 82.6 Å². The van der Waals surface area contributed by atoms with Crippen LogP contribution in [-0.4, -0.2) is 12.5 Å². The van der Waals surface area contributed by atoms with Crippen molar-refractivity contribution < 1.29 is 82.6 Å². The first kappa shape index (κ1) is 17.2. The third-order valence-corrected chi connectivity index (χ3v) is 0.494. The molecule has 0 fully saturated rings. The number of hydrogen-bond acceptors (Lipinski definition) is 1. The molecular weight excluding hydrogens is 372 g/mol. The minimum Gasteiger partial charge on any atom is -0.567 e. The van der Waals surface area contributed by atoms with Crippen LogP contribution in [0.3, 0.4) is 0 Å². The van der Waals surface area contributed by atoms with Crippen molar-refractivity contribution >= 4 is 5.96 Å². The van der Waals surface area contributed by atoms with Gasteiger partial charge in [0.25, 0.3) is 0 Å². The average molecular weight is 381 g/mol. The normalized spacial score (nSPS) is 6.33. The van der Waals surface area contributed by atoms with E-state index in [0.29, 0.717) is 6.54 Å². The minimum atomic E-state index is -0.318. The minimum absolute atomic E-state index is 0. The zero-order chi connectivity index (χ0) is 5.70. The van der Waals surface area contributed by atoms with Gasteiger partial charge in [-0.1, -0.05) is 19.9 Å². The summed E-state index contributed by atoms with van der Waals surface area (Å²) in [6.07, 6.45) is 0.918. The number of hydrogen-bond donors (Lipinski definition) is 0. The van der Waals surface area contributed by atoms with E-state index in [0.717, 1.165) is 6.42 Å². The summed E-state index contributed by atoms with van der Waals surface area (Å²) in [5.74, 6) is -0.318. The van der Waals surface area contributed by atoms with Gasteiger partial charge in [-0.05, 0) is 0 Å². The van der Waals surface area contributed by atoms with Crippen molar-refractivity contribution in [1.82, 2.24) is 0 Å². The average Bonchev–Trinajstić information content (AvgIpc) is 1.61. The van der Waals surface area contributed by atoms with Crippen molar-refractivity contribution in [3.8, 4) is 0 Å². The molecule has 0 bridgehead atoms. The molecule has 0 aromatic carbocycles. The van der Waals surface area contributed by atoms with Gasteiger partial charge in [-0.2, -0.15) is 5.96 Å². The molecule has 3 nitrogen and oxygen atoms in total. The van der Waals surface area contributed by atoms with Crippen molar-refractivity contribution in [3.05, 3.63) is 11.5 Å². The molecular formula is C4H9N3Pr2-2. The Morgan fingerprint density at radius 2 is 1.78 bits per heavy atom. The van der Waals surface area contributed by atoms with Crippen molar-refractivity contribution in [2.75, 3.05) is 6.54 Å². The van der Waals surface area contributed by atoms with Crippen LogP contribution in [0, 0.1) is 82.6 Å². The van der Waals surface area contributed by atoms with Crippen LogP contribution in [0.5, 0.6) is 0 Å². The second-order valence-electron chi connectivity index (χ2n) is 1.23. The van der Waals surface area contributed by atoms with Crippen LogP contribution in [0.25, 0.3) is 11.5 Å². The molecule has 2 radical (unpaired) electrons. The zero-order valence-corrected chi connectivity index (χ0v) is 12.9. The summed E-state index contributed by atoms with van der Waals surface area (Å²) in [5.41, 5.74) is 13.0. The fraction of sp³-hybridized carbons (Fsp3) is 0.750. The maximum absolute atomic E-state index is 6.50. The monoisotopic (exact) mass is 381 g/mol. The van der Waals surface area contributed by atoms with Gasteiger partial charge >= 0.3 is 0 Å². The third kappa shape index (κ3) is 17.8. The largest absolute Gasteiger partial charge is 0.567 e. The number of nitrogens with one attached hydrogen (secondary N) is 2. The molecule has 0 aliphatic rings. The topological polar surface area (TPSA) is 60.0 Å². The summed E-state index contributed by atoms with van der Waals surface area (Å²) in [6.45, 7) is 2.58. The first-order valence-electron chi connectivity index (χ1n) is 2.25. The van der Waals surface area contributed by atoms with Gasteiger partial charge in [0.1, 0.15) is 0 Å². The maximum atomic E-state index is 6.50. The standard InChI is InChI=1S/C4H9N3.2Pr/c1-2-3-7-4(5)6;;/h2-3H2,1H3,(H2-2,5,6,7);;/q-2;;. The molecule has 0 aliphatic carbocycles. The Balaban J connectivity index is -0.000000180. The molecule has 9 heavy (non-hydrogen) atoms. The van der Waals surface area contributed by atoms with E-state index in [9.17, 15) is 0 Å². The summed E-state index contributed by atoms with van der Waals surface area (Å²) < 4.78 is 0. The van der Waals surface area contributed by atoms with Crippen LogP contribution < -0.4 is 0 Å². The molecule has 0 aliphatic heterocycles. The second kappa shape index (κ2) is 12.7. The summed E-state index contributed by atoms with van der Waals surface area (Å²) in [7, 11) is 0. The second-order valence-corrected chi connectivity index (χ2v) is 1.23. The molecule has 0 aromatic rings. The molecule has 0 unspecified atom stereocenters. The molecule has 48 valence electrons. The van der Waals surface area contributed by atoms with Gasteiger partial charge in [-0.15, -0.1) is 0 Å². The number of nitrogens with zero attached hydrogens (tertiary/aromatic N) is 1. The van der Waals surface area contributed by atoms with E-state index in [4.69, 9.17) is 11.5 Å². The first-order valence-corrected chi connectivity index (χ1v) is 2.25. The van der Waals surface area contributed by atoms with Crippen LogP contribution in [0.2, 0.25) is 0 Å². The summed E-state index contributed by atoms with van der Waals surface area (Å²) >= 11 is 0. The molecule has 0 saturated carbocycles. The van der Waals surface area contributed by atoms with Crippen molar-refractivity contribution in [2.24, 2.45) is 4.99 Å². The van der Waals surface area contributed by atoms with Crippen LogP contribution in [0.4, 0.5) is 0 Å². The van der Waals surface area contributed by atoms with E-state index in [1.54, 1.807) is 0 Å². The molecule has 2 N–H and O–H groups in total. The molecule has 0 rings (SSSR count). The Kier molecular flexibility index (Phi) is 24.2. The van der Waals surface area contributed by atoms with E-state index in [-0.39, 0.29) is 88.5 Å². The number of guanidine groups is 1. The van der Waals surface area contributed by atoms with E-state index in [2.05, 4.69) is 4.99 Å². The van der Waals surface area contributed by atoms with Crippen LogP contribution in [0.1, 0.15) is 13.3 Å². The van der Waals surface area contributed by atoms with Gasteiger partial charge in [-0.3, -0.25) is 0 Å². The predicted octanol–water partition coefficient (Wildman–Crippen LogP) is 1.86. The quantitative estimate of drug-likeness (QED) is 0.518. The van der Waals surface area contributed by atoms with Crippen LogP contribution in [0.15, 0.2) is 4.99 Å². The fourth-order valence-electron chi connectivity index (χ4n) is 0.224. The Bertz CT molecular complexity index is 70.2. The molecule has 0 spiro atoms. The van der Waals surface area contributed by atoms with Gasteiger partial charge < -0.3 is 16.5 Å². The van der Waals surface area contributed by atoms with Gasteiger partial charge in [0.2, 0.25) is 0 Å². The fourth-order valence-corrected chi connectivity index (χ4v) is 0.224. The van der Waals surface area contributed by atoms with Gasteiger partial charge in [-0.25, -0.2) is 0 Å². The first-order chi connectivity index (χ1) is 3.27. The van der Waals surface area contributed by atoms with E-state index >= 15 is 0 Å². The zero-order valence-electron chi connectivity index (χ0n) is 5.52. The SMILES string of the molecule is CCCN=C([NH-])[NH-].[Pr].[Pr].